The van der Waals surface area contributed by atoms with Crippen molar-refractivity contribution >= 4 is 17.6 Å². The molecule has 0 saturated heterocycles. The molecular formula is C16H17ClN2O2. The van der Waals surface area contributed by atoms with Gasteiger partial charge in [0.1, 0.15) is 0 Å². The van der Waals surface area contributed by atoms with E-state index < -0.39 is 5.97 Å². The minimum absolute atomic E-state index is 0.201. The Bertz CT molecular complexity index is 611. The molecule has 0 amide bonds. The van der Waals surface area contributed by atoms with Crippen LogP contribution in [0.4, 0.5) is 0 Å². The molecule has 0 saturated carbocycles. The zero-order chi connectivity index (χ0) is 15.4. The Labute approximate surface area is 129 Å². The van der Waals surface area contributed by atoms with Crippen LogP contribution < -0.4 is 0 Å². The van der Waals surface area contributed by atoms with Crippen LogP contribution in [0.3, 0.4) is 0 Å². The lowest BCUT2D eigenvalue weighted by atomic mass is 10.1. The molecule has 110 valence electrons. The van der Waals surface area contributed by atoms with E-state index in [9.17, 15) is 4.79 Å². The molecule has 21 heavy (non-hydrogen) atoms. The normalized spacial score (nSPS) is 12.4. The second-order valence-corrected chi connectivity index (χ2v) is 5.42. The Morgan fingerprint density at radius 2 is 1.95 bits per heavy atom. The largest absolute Gasteiger partial charge is 0.478 e. The fourth-order valence-corrected chi connectivity index (χ4v) is 2.16. The van der Waals surface area contributed by atoms with Gasteiger partial charge in [0.15, 0.2) is 0 Å². The predicted octanol–water partition coefficient (Wildman–Crippen LogP) is 3.63. The highest BCUT2D eigenvalue weighted by Gasteiger charge is 2.13. The van der Waals surface area contributed by atoms with Gasteiger partial charge in [0.05, 0.1) is 11.3 Å². The lowest BCUT2D eigenvalue weighted by Crippen LogP contribution is -2.22. The SMILES string of the molecule is CC(c1ccc(Cl)cc1)N(C)Cc1ccc(C(=O)O)cn1. The van der Waals surface area contributed by atoms with E-state index in [2.05, 4.69) is 16.8 Å². The van der Waals surface area contributed by atoms with E-state index in [4.69, 9.17) is 16.7 Å². The van der Waals surface area contributed by atoms with Crippen LogP contribution in [0.25, 0.3) is 0 Å². The molecule has 2 aromatic rings. The fourth-order valence-electron chi connectivity index (χ4n) is 2.03. The molecule has 4 nitrogen and oxygen atoms in total. The Kier molecular flexibility index (Phi) is 4.94. The van der Waals surface area contributed by atoms with Crippen LogP contribution in [-0.2, 0) is 6.54 Å². The monoisotopic (exact) mass is 304 g/mol. The standard InChI is InChI=1S/C16H17ClN2O2/c1-11(12-3-6-14(17)7-4-12)19(2)10-15-8-5-13(9-18-15)16(20)21/h3-9,11H,10H2,1-2H3,(H,20,21). The van der Waals surface area contributed by atoms with E-state index in [1.54, 1.807) is 12.1 Å². The van der Waals surface area contributed by atoms with Crippen LogP contribution in [0.5, 0.6) is 0 Å². The first-order valence-corrected chi connectivity index (χ1v) is 6.99. The van der Waals surface area contributed by atoms with E-state index in [1.165, 1.54) is 11.8 Å². The molecule has 0 spiro atoms. The van der Waals surface area contributed by atoms with E-state index in [0.717, 1.165) is 10.7 Å². The summed E-state index contributed by atoms with van der Waals surface area (Å²) in [6.07, 6.45) is 1.39. The maximum Gasteiger partial charge on any atom is 0.337 e. The molecule has 0 fully saturated rings. The average molecular weight is 305 g/mol. The van der Waals surface area contributed by atoms with Crippen molar-refractivity contribution < 1.29 is 9.90 Å². The number of carboxylic acid groups (broad SMARTS) is 1. The van der Waals surface area contributed by atoms with Crippen molar-refractivity contribution in [2.75, 3.05) is 7.05 Å². The summed E-state index contributed by atoms with van der Waals surface area (Å²) >= 11 is 5.89. The Morgan fingerprint density at radius 3 is 2.48 bits per heavy atom. The number of nitrogens with zero attached hydrogens (tertiary/aromatic N) is 2. The fraction of sp³-hybridized carbons (Fsp3) is 0.250. The van der Waals surface area contributed by atoms with Crippen LogP contribution in [0.15, 0.2) is 42.6 Å². The quantitative estimate of drug-likeness (QED) is 0.916. The first-order valence-electron chi connectivity index (χ1n) is 6.61. The van der Waals surface area contributed by atoms with Crippen molar-refractivity contribution in [3.8, 4) is 0 Å². The van der Waals surface area contributed by atoms with Gasteiger partial charge in [-0.3, -0.25) is 9.88 Å². The summed E-state index contributed by atoms with van der Waals surface area (Å²) < 4.78 is 0. The summed E-state index contributed by atoms with van der Waals surface area (Å²) in [6, 6.07) is 11.3. The van der Waals surface area contributed by atoms with Gasteiger partial charge in [0, 0.05) is 23.8 Å². The van der Waals surface area contributed by atoms with Crippen LogP contribution >= 0.6 is 11.6 Å². The van der Waals surface area contributed by atoms with Gasteiger partial charge >= 0.3 is 5.97 Å². The molecule has 1 unspecified atom stereocenters. The molecule has 2 rings (SSSR count). The number of benzene rings is 1. The first-order chi connectivity index (χ1) is 9.97. The second kappa shape index (κ2) is 6.70. The predicted molar refractivity (Wildman–Crippen MR) is 82.5 cm³/mol. The van der Waals surface area contributed by atoms with Gasteiger partial charge < -0.3 is 5.11 Å². The third kappa shape index (κ3) is 4.03. The number of rotatable bonds is 5. The van der Waals surface area contributed by atoms with Gasteiger partial charge in [-0.05, 0) is 43.8 Å². The van der Waals surface area contributed by atoms with Gasteiger partial charge in [-0.1, -0.05) is 23.7 Å². The van der Waals surface area contributed by atoms with E-state index >= 15 is 0 Å². The average Bonchev–Trinajstić information content (AvgIpc) is 2.47. The van der Waals surface area contributed by atoms with Crippen molar-refractivity contribution in [1.29, 1.82) is 0 Å². The summed E-state index contributed by atoms with van der Waals surface area (Å²) in [5.74, 6) is -0.961. The van der Waals surface area contributed by atoms with Crippen molar-refractivity contribution in [3.63, 3.8) is 0 Å². The Morgan fingerprint density at radius 1 is 1.29 bits per heavy atom. The molecule has 1 aromatic heterocycles. The Balaban J connectivity index is 2.04. The molecule has 0 bridgehead atoms. The third-order valence-electron chi connectivity index (χ3n) is 3.50. The summed E-state index contributed by atoms with van der Waals surface area (Å²) in [4.78, 5) is 17.1. The van der Waals surface area contributed by atoms with Crippen molar-refractivity contribution in [3.05, 3.63) is 64.4 Å². The maximum atomic E-state index is 10.8. The number of pyridine rings is 1. The maximum absolute atomic E-state index is 10.8. The molecule has 1 N–H and O–H groups in total. The minimum Gasteiger partial charge on any atom is -0.478 e. The molecular weight excluding hydrogens is 288 g/mol. The highest BCUT2D eigenvalue weighted by Crippen LogP contribution is 2.22. The first kappa shape index (κ1) is 15.5. The number of aromatic carboxylic acids is 1. The van der Waals surface area contributed by atoms with Crippen molar-refractivity contribution in [2.24, 2.45) is 0 Å². The topological polar surface area (TPSA) is 53.4 Å². The van der Waals surface area contributed by atoms with E-state index in [1.807, 2.05) is 31.3 Å². The summed E-state index contributed by atoms with van der Waals surface area (Å²) in [5.41, 5.74) is 2.21. The Hall–Kier alpha value is -1.91. The molecule has 0 aliphatic rings. The summed E-state index contributed by atoms with van der Waals surface area (Å²) in [6.45, 7) is 2.75. The van der Waals surface area contributed by atoms with Gasteiger partial charge in [-0.2, -0.15) is 0 Å². The lowest BCUT2D eigenvalue weighted by Gasteiger charge is -2.24. The summed E-state index contributed by atoms with van der Waals surface area (Å²) in [7, 11) is 2.01. The van der Waals surface area contributed by atoms with E-state index in [0.29, 0.717) is 6.54 Å². The van der Waals surface area contributed by atoms with Gasteiger partial charge in [0.25, 0.3) is 0 Å². The third-order valence-corrected chi connectivity index (χ3v) is 3.75. The summed E-state index contributed by atoms with van der Waals surface area (Å²) in [5, 5.41) is 9.58. The minimum atomic E-state index is -0.961. The highest BCUT2D eigenvalue weighted by atomic mass is 35.5. The van der Waals surface area contributed by atoms with Gasteiger partial charge in [-0.15, -0.1) is 0 Å². The van der Waals surface area contributed by atoms with Crippen molar-refractivity contribution in [1.82, 2.24) is 9.88 Å². The van der Waals surface area contributed by atoms with Crippen molar-refractivity contribution in [2.45, 2.75) is 19.5 Å². The molecule has 5 heteroatoms. The number of halogens is 1. The molecule has 0 radical (unpaired) electrons. The van der Waals surface area contributed by atoms with Crippen LogP contribution in [0, 0.1) is 0 Å². The van der Waals surface area contributed by atoms with E-state index in [-0.39, 0.29) is 11.6 Å². The number of aromatic nitrogens is 1. The molecule has 1 aromatic carbocycles. The van der Waals surface area contributed by atoms with Crippen LogP contribution in [-0.4, -0.2) is 28.0 Å². The molecule has 1 atom stereocenters. The van der Waals surface area contributed by atoms with Gasteiger partial charge in [0.2, 0.25) is 0 Å². The zero-order valence-electron chi connectivity index (χ0n) is 12.0. The smallest absolute Gasteiger partial charge is 0.337 e. The molecule has 0 aliphatic heterocycles. The number of hydrogen-bond acceptors (Lipinski definition) is 3. The number of hydrogen-bond donors (Lipinski definition) is 1. The second-order valence-electron chi connectivity index (χ2n) is 4.99. The van der Waals surface area contributed by atoms with Gasteiger partial charge in [-0.25, -0.2) is 4.79 Å². The van der Waals surface area contributed by atoms with Crippen LogP contribution in [0.1, 0.15) is 34.6 Å². The molecule has 0 aliphatic carbocycles. The number of carbonyl (C=O) groups is 1. The molecule has 1 heterocycles. The highest BCUT2D eigenvalue weighted by molar-refractivity contribution is 6.30. The lowest BCUT2D eigenvalue weighted by molar-refractivity contribution is 0.0696. The number of carboxylic acids is 1. The van der Waals surface area contributed by atoms with Crippen LogP contribution in [0.2, 0.25) is 5.02 Å². The zero-order valence-corrected chi connectivity index (χ0v) is 12.7.